The fourth-order valence-corrected chi connectivity index (χ4v) is 1.75. The van der Waals surface area contributed by atoms with E-state index < -0.39 is 0 Å². The maximum Gasteiger partial charge on any atom is 0.126 e. The van der Waals surface area contributed by atoms with Gasteiger partial charge in [0.15, 0.2) is 0 Å². The standard InChI is InChI=1S/C12H11BrN2/c13-11-5-3-4-10(8-11)9-15-12-6-1-2-7-14-12/h1-8H,9H2,(H,14,15). The van der Waals surface area contributed by atoms with E-state index in [0.29, 0.717) is 0 Å². The van der Waals surface area contributed by atoms with Crippen molar-refractivity contribution in [3.63, 3.8) is 0 Å². The Morgan fingerprint density at radius 1 is 1.13 bits per heavy atom. The molecule has 0 radical (unpaired) electrons. The third-order valence-electron chi connectivity index (χ3n) is 2.03. The van der Waals surface area contributed by atoms with Gasteiger partial charge in [0.2, 0.25) is 0 Å². The number of hydrogen-bond donors (Lipinski definition) is 1. The van der Waals surface area contributed by atoms with Crippen LogP contribution in [0.15, 0.2) is 53.1 Å². The molecule has 0 aliphatic rings. The van der Waals surface area contributed by atoms with Crippen LogP contribution in [0.3, 0.4) is 0 Å². The molecule has 0 spiro atoms. The summed E-state index contributed by atoms with van der Waals surface area (Å²) in [5.41, 5.74) is 1.23. The Hall–Kier alpha value is -1.35. The van der Waals surface area contributed by atoms with Crippen LogP contribution in [0.1, 0.15) is 5.56 Å². The van der Waals surface area contributed by atoms with Crippen molar-refractivity contribution in [3.05, 3.63) is 58.7 Å². The Labute approximate surface area is 97.5 Å². The quantitative estimate of drug-likeness (QED) is 0.917. The predicted octanol–water partition coefficient (Wildman–Crippen LogP) is 3.46. The second kappa shape index (κ2) is 4.94. The summed E-state index contributed by atoms with van der Waals surface area (Å²) < 4.78 is 1.10. The van der Waals surface area contributed by atoms with Gasteiger partial charge in [-0.2, -0.15) is 0 Å². The maximum absolute atomic E-state index is 4.19. The Bertz CT molecular complexity index is 429. The van der Waals surface area contributed by atoms with Gasteiger partial charge in [0.05, 0.1) is 0 Å². The molecule has 0 atom stereocenters. The Balaban J connectivity index is 1.99. The van der Waals surface area contributed by atoms with Crippen LogP contribution in [0.4, 0.5) is 5.82 Å². The monoisotopic (exact) mass is 262 g/mol. The zero-order valence-electron chi connectivity index (χ0n) is 8.15. The Morgan fingerprint density at radius 3 is 2.80 bits per heavy atom. The number of rotatable bonds is 3. The van der Waals surface area contributed by atoms with Gasteiger partial charge in [0, 0.05) is 17.2 Å². The predicted molar refractivity (Wildman–Crippen MR) is 65.7 cm³/mol. The van der Waals surface area contributed by atoms with Crippen LogP contribution in [0.5, 0.6) is 0 Å². The fraction of sp³-hybridized carbons (Fsp3) is 0.0833. The number of nitrogens with one attached hydrogen (secondary N) is 1. The van der Waals surface area contributed by atoms with Gasteiger partial charge in [-0.25, -0.2) is 4.98 Å². The van der Waals surface area contributed by atoms with Crippen LogP contribution in [0.25, 0.3) is 0 Å². The minimum atomic E-state index is 0.788. The molecule has 1 N–H and O–H groups in total. The Morgan fingerprint density at radius 2 is 2.07 bits per heavy atom. The van der Waals surface area contributed by atoms with E-state index in [1.54, 1.807) is 6.20 Å². The summed E-state index contributed by atoms with van der Waals surface area (Å²) in [6, 6.07) is 14.1. The maximum atomic E-state index is 4.19. The molecule has 2 aromatic rings. The lowest BCUT2D eigenvalue weighted by molar-refractivity contribution is 1.11. The molecular formula is C12H11BrN2. The van der Waals surface area contributed by atoms with Crippen molar-refractivity contribution < 1.29 is 0 Å². The van der Waals surface area contributed by atoms with Crippen molar-refractivity contribution >= 4 is 21.7 Å². The first-order valence-corrected chi connectivity index (χ1v) is 5.53. The summed E-state index contributed by atoms with van der Waals surface area (Å²) in [5, 5.41) is 3.26. The summed E-state index contributed by atoms with van der Waals surface area (Å²) >= 11 is 3.44. The molecule has 2 nitrogen and oxygen atoms in total. The van der Waals surface area contributed by atoms with Gasteiger partial charge in [-0.15, -0.1) is 0 Å². The summed E-state index contributed by atoms with van der Waals surface area (Å²) in [7, 11) is 0. The molecule has 1 aromatic heterocycles. The molecule has 1 aromatic carbocycles. The second-order valence-electron chi connectivity index (χ2n) is 3.20. The van der Waals surface area contributed by atoms with E-state index in [-0.39, 0.29) is 0 Å². The van der Waals surface area contributed by atoms with Crippen LogP contribution in [-0.2, 0) is 6.54 Å². The molecule has 76 valence electrons. The van der Waals surface area contributed by atoms with Crippen LogP contribution >= 0.6 is 15.9 Å². The van der Waals surface area contributed by atoms with Gasteiger partial charge in [0.1, 0.15) is 5.82 Å². The van der Waals surface area contributed by atoms with Crippen LogP contribution in [0, 0.1) is 0 Å². The highest BCUT2D eigenvalue weighted by atomic mass is 79.9. The first-order valence-electron chi connectivity index (χ1n) is 4.74. The van der Waals surface area contributed by atoms with Crippen molar-refractivity contribution in [1.29, 1.82) is 0 Å². The van der Waals surface area contributed by atoms with E-state index in [1.807, 2.05) is 30.3 Å². The van der Waals surface area contributed by atoms with Gasteiger partial charge < -0.3 is 5.32 Å². The lowest BCUT2D eigenvalue weighted by Gasteiger charge is -2.05. The summed E-state index contributed by atoms with van der Waals surface area (Å²) in [6.45, 7) is 0.788. The SMILES string of the molecule is Brc1cccc(CNc2ccccn2)c1. The average molecular weight is 263 g/mol. The first-order chi connectivity index (χ1) is 7.34. The lowest BCUT2D eigenvalue weighted by Crippen LogP contribution is -2.00. The molecule has 15 heavy (non-hydrogen) atoms. The largest absolute Gasteiger partial charge is 0.366 e. The van der Waals surface area contributed by atoms with Gasteiger partial charge in [0.25, 0.3) is 0 Å². The summed E-state index contributed by atoms with van der Waals surface area (Å²) in [5.74, 6) is 0.900. The van der Waals surface area contributed by atoms with Gasteiger partial charge >= 0.3 is 0 Å². The normalized spacial score (nSPS) is 9.93. The Kier molecular flexibility index (Phi) is 3.35. The van der Waals surface area contributed by atoms with E-state index in [1.165, 1.54) is 5.56 Å². The van der Waals surface area contributed by atoms with Crippen molar-refractivity contribution in [2.75, 3.05) is 5.32 Å². The molecule has 0 aliphatic heterocycles. The summed E-state index contributed by atoms with van der Waals surface area (Å²) in [4.78, 5) is 4.19. The topological polar surface area (TPSA) is 24.9 Å². The fourth-order valence-electron chi connectivity index (χ4n) is 1.31. The molecule has 0 amide bonds. The van der Waals surface area contributed by atoms with Gasteiger partial charge in [-0.05, 0) is 29.8 Å². The lowest BCUT2D eigenvalue weighted by atomic mass is 10.2. The second-order valence-corrected chi connectivity index (χ2v) is 4.11. The van der Waals surface area contributed by atoms with Crippen LogP contribution < -0.4 is 5.32 Å². The number of pyridine rings is 1. The molecule has 2 rings (SSSR count). The third kappa shape index (κ3) is 3.06. The number of aromatic nitrogens is 1. The van der Waals surface area contributed by atoms with E-state index in [2.05, 4.69) is 38.4 Å². The minimum Gasteiger partial charge on any atom is -0.366 e. The molecule has 3 heteroatoms. The summed E-state index contributed by atoms with van der Waals surface area (Å²) in [6.07, 6.45) is 1.78. The minimum absolute atomic E-state index is 0.788. The molecular weight excluding hydrogens is 252 g/mol. The molecule has 0 bridgehead atoms. The zero-order valence-corrected chi connectivity index (χ0v) is 9.74. The number of hydrogen-bond acceptors (Lipinski definition) is 2. The van der Waals surface area contributed by atoms with Gasteiger partial charge in [-0.3, -0.25) is 0 Å². The smallest absolute Gasteiger partial charge is 0.126 e. The number of nitrogens with zero attached hydrogens (tertiary/aromatic N) is 1. The van der Waals surface area contributed by atoms with Crippen LogP contribution in [0.2, 0.25) is 0 Å². The molecule has 0 aliphatic carbocycles. The van der Waals surface area contributed by atoms with Gasteiger partial charge in [-0.1, -0.05) is 34.1 Å². The molecule has 1 heterocycles. The highest BCUT2D eigenvalue weighted by Crippen LogP contribution is 2.12. The third-order valence-corrected chi connectivity index (χ3v) is 2.52. The van der Waals surface area contributed by atoms with Crippen LogP contribution in [-0.4, -0.2) is 4.98 Å². The number of halogens is 1. The highest BCUT2D eigenvalue weighted by Gasteiger charge is 1.94. The van der Waals surface area contributed by atoms with E-state index in [9.17, 15) is 0 Å². The first kappa shape index (κ1) is 10.2. The molecule has 0 fully saturated rings. The van der Waals surface area contributed by atoms with Crippen molar-refractivity contribution in [3.8, 4) is 0 Å². The molecule has 0 saturated heterocycles. The average Bonchev–Trinajstić information content (AvgIpc) is 2.28. The zero-order chi connectivity index (χ0) is 10.5. The van der Waals surface area contributed by atoms with Crippen molar-refractivity contribution in [2.45, 2.75) is 6.54 Å². The number of anilines is 1. The van der Waals surface area contributed by atoms with Crippen molar-refractivity contribution in [2.24, 2.45) is 0 Å². The highest BCUT2D eigenvalue weighted by molar-refractivity contribution is 9.10. The molecule has 0 unspecified atom stereocenters. The number of benzene rings is 1. The van der Waals surface area contributed by atoms with E-state index >= 15 is 0 Å². The molecule has 0 saturated carbocycles. The van der Waals surface area contributed by atoms with E-state index in [0.717, 1.165) is 16.8 Å². The van der Waals surface area contributed by atoms with Crippen molar-refractivity contribution in [1.82, 2.24) is 4.98 Å². The van der Waals surface area contributed by atoms with E-state index in [4.69, 9.17) is 0 Å².